The van der Waals surface area contributed by atoms with Crippen LogP contribution in [0.25, 0.3) is 10.1 Å². The molecule has 11 heteroatoms. The van der Waals surface area contributed by atoms with Gasteiger partial charge in [-0.2, -0.15) is 0 Å². The summed E-state index contributed by atoms with van der Waals surface area (Å²) in [5.74, 6) is 0.388. The molecule has 10 nitrogen and oxygen atoms in total. The van der Waals surface area contributed by atoms with Crippen molar-refractivity contribution in [3.8, 4) is 5.75 Å². The van der Waals surface area contributed by atoms with Crippen LogP contribution >= 0.6 is 11.3 Å². The Kier molecular flexibility index (Phi) is 7.04. The second kappa shape index (κ2) is 10.3. The molecule has 176 valence electrons. The molecule has 3 aromatic heterocycles. The zero-order chi connectivity index (χ0) is 24.1. The van der Waals surface area contributed by atoms with Gasteiger partial charge in [0.1, 0.15) is 5.82 Å². The van der Waals surface area contributed by atoms with E-state index < -0.39 is 17.3 Å². The topological polar surface area (TPSA) is 141 Å². The van der Waals surface area contributed by atoms with Gasteiger partial charge in [-0.25, -0.2) is 14.6 Å². The van der Waals surface area contributed by atoms with Gasteiger partial charge in [-0.1, -0.05) is 30.3 Å². The van der Waals surface area contributed by atoms with Crippen molar-refractivity contribution in [2.75, 3.05) is 18.9 Å². The molecule has 4 rings (SSSR count). The van der Waals surface area contributed by atoms with Crippen LogP contribution in [0.2, 0.25) is 0 Å². The van der Waals surface area contributed by atoms with Crippen LogP contribution in [0.1, 0.15) is 11.1 Å². The molecule has 0 atom stereocenters. The molecule has 0 aliphatic carbocycles. The Hall–Kier alpha value is -3.96. The highest BCUT2D eigenvalue weighted by Gasteiger charge is 2.17. The molecule has 0 unspecified atom stereocenters. The molecule has 0 aliphatic rings. The highest BCUT2D eigenvalue weighted by molar-refractivity contribution is 7.17. The minimum absolute atomic E-state index is 0.00408. The number of aromatic nitrogens is 3. The van der Waals surface area contributed by atoms with E-state index in [9.17, 15) is 14.4 Å². The Balaban J connectivity index is 1.62. The van der Waals surface area contributed by atoms with Gasteiger partial charge in [0.2, 0.25) is 0 Å². The van der Waals surface area contributed by atoms with Crippen LogP contribution < -0.4 is 27.0 Å². The van der Waals surface area contributed by atoms with Gasteiger partial charge < -0.3 is 25.5 Å². The zero-order valence-electron chi connectivity index (χ0n) is 18.1. The summed E-state index contributed by atoms with van der Waals surface area (Å²) in [5, 5.41) is 13.5. The van der Waals surface area contributed by atoms with Crippen LogP contribution in [0.15, 0.2) is 63.8 Å². The summed E-state index contributed by atoms with van der Waals surface area (Å²) in [6, 6.07) is 11.1. The standard InChI is InChI=1S/C23H23N5O5S/c24-21-19-16(14-34-20(19)17(12-26-21)33-22(31)25-8-11-29)13-28-18(30)7-10-27(23(28)32)9-6-15-4-2-1-3-5-15/h1-5,7,10,12,14,29H,6,8-9,11,13H2,(H2,24,26)(H,25,31). The first kappa shape index (κ1) is 23.2. The van der Waals surface area contributed by atoms with E-state index in [-0.39, 0.29) is 31.3 Å². The number of amides is 1. The third-order valence-electron chi connectivity index (χ3n) is 5.20. The first-order valence-corrected chi connectivity index (χ1v) is 11.4. The maximum Gasteiger partial charge on any atom is 0.412 e. The number of pyridine rings is 1. The molecule has 1 aromatic carbocycles. The second-order valence-corrected chi connectivity index (χ2v) is 8.34. The minimum Gasteiger partial charge on any atom is -0.407 e. The summed E-state index contributed by atoms with van der Waals surface area (Å²) in [4.78, 5) is 41.6. The third-order valence-corrected chi connectivity index (χ3v) is 6.25. The molecule has 0 saturated carbocycles. The Morgan fingerprint density at radius 2 is 2.00 bits per heavy atom. The van der Waals surface area contributed by atoms with E-state index >= 15 is 0 Å². The lowest BCUT2D eigenvalue weighted by Crippen LogP contribution is -2.39. The van der Waals surface area contributed by atoms with Gasteiger partial charge in [0.15, 0.2) is 5.75 Å². The number of aliphatic hydroxyl groups is 1. The molecular formula is C23H23N5O5S. The fourth-order valence-corrected chi connectivity index (χ4v) is 4.54. The average Bonchev–Trinajstić information content (AvgIpc) is 3.27. The highest BCUT2D eigenvalue weighted by Crippen LogP contribution is 2.36. The summed E-state index contributed by atoms with van der Waals surface area (Å²) in [6.45, 7) is 0.254. The zero-order valence-corrected chi connectivity index (χ0v) is 19.0. The van der Waals surface area contributed by atoms with Crippen molar-refractivity contribution in [1.29, 1.82) is 0 Å². The molecule has 0 radical (unpaired) electrons. The summed E-state index contributed by atoms with van der Waals surface area (Å²) in [5.41, 5.74) is 6.94. The van der Waals surface area contributed by atoms with Gasteiger partial charge in [0, 0.05) is 30.7 Å². The number of carbonyl (C=O) groups excluding carboxylic acids is 1. The second-order valence-electron chi connectivity index (χ2n) is 7.46. The normalized spacial score (nSPS) is 11.0. The van der Waals surface area contributed by atoms with Crippen molar-refractivity contribution in [1.82, 2.24) is 19.4 Å². The largest absolute Gasteiger partial charge is 0.412 e. The number of nitrogens with zero attached hydrogens (tertiary/aromatic N) is 3. The molecule has 34 heavy (non-hydrogen) atoms. The minimum atomic E-state index is -0.738. The van der Waals surface area contributed by atoms with Gasteiger partial charge in [-0.3, -0.25) is 9.36 Å². The van der Waals surface area contributed by atoms with Crippen LogP contribution in [-0.2, 0) is 19.5 Å². The molecule has 0 spiro atoms. The van der Waals surface area contributed by atoms with E-state index in [1.54, 1.807) is 5.38 Å². The maximum absolute atomic E-state index is 13.1. The van der Waals surface area contributed by atoms with E-state index in [0.29, 0.717) is 28.6 Å². The molecule has 4 N–H and O–H groups in total. The van der Waals surface area contributed by atoms with Crippen molar-refractivity contribution in [2.24, 2.45) is 0 Å². The van der Waals surface area contributed by atoms with Crippen molar-refractivity contribution >= 4 is 33.3 Å². The van der Waals surface area contributed by atoms with Crippen LogP contribution in [0.5, 0.6) is 5.75 Å². The van der Waals surface area contributed by atoms with Gasteiger partial charge >= 0.3 is 11.8 Å². The number of fused-ring (bicyclic) bond motifs is 1. The van der Waals surface area contributed by atoms with Crippen LogP contribution in [0, 0.1) is 0 Å². The Labute approximate surface area is 197 Å². The fourth-order valence-electron chi connectivity index (χ4n) is 3.53. The first-order chi connectivity index (χ1) is 16.5. The van der Waals surface area contributed by atoms with Crippen LogP contribution in [0.3, 0.4) is 0 Å². The van der Waals surface area contributed by atoms with Crippen LogP contribution in [-0.4, -0.2) is 38.5 Å². The molecule has 0 saturated heterocycles. The summed E-state index contributed by atoms with van der Waals surface area (Å²) in [7, 11) is 0. The number of rotatable bonds is 8. The molecule has 4 aromatic rings. The molecule has 0 bridgehead atoms. The molecule has 1 amide bonds. The number of nitrogens with one attached hydrogen (secondary N) is 1. The van der Waals surface area contributed by atoms with Gasteiger partial charge in [-0.15, -0.1) is 11.3 Å². The first-order valence-electron chi connectivity index (χ1n) is 10.5. The quantitative estimate of drug-likeness (QED) is 0.347. The van der Waals surface area contributed by atoms with Crippen LogP contribution in [0.4, 0.5) is 10.6 Å². The Bertz CT molecular complexity index is 1430. The lowest BCUT2D eigenvalue weighted by atomic mass is 10.1. The van der Waals surface area contributed by atoms with E-state index in [0.717, 1.165) is 10.1 Å². The van der Waals surface area contributed by atoms with Gasteiger partial charge in [0.05, 0.1) is 24.0 Å². The molecular weight excluding hydrogens is 458 g/mol. The van der Waals surface area contributed by atoms with Crippen molar-refractivity contribution in [3.63, 3.8) is 0 Å². The summed E-state index contributed by atoms with van der Waals surface area (Å²) in [6.07, 6.45) is 2.75. The number of benzene rings is 1. The Morgan fingerprint density at radius 3 is 2.76 bits per heavy atom. The van der Waals surface area contributed by atoms with Gasteiger partial charge in [0.25, 0.3) is 5.56 Å². The number of aryl methyl sites for hydroxylation is 2. The number of thiophene rings is 1. The summed E-state index contributed by atoms with van der Waals surface area (Å²) < 4.78 is 8.50. The van der Waals surface area contributed by atoms with Gasteiger partial charge in [-0.05, 0) is 22.9 Å². The van der Waals surface area contributed by atoms with E-state index in [1.165, 1.54) is 34.4 Å². The summed E-state index contributed by atoms with van der Waals surface area (Å²) >= 11 is 1.26. The predicted molar refractivity (Wildman–Crippen MR) is 129 cm³/mol. The average molecular weight is 482 g/mol. The third kappa shape index (κ3) is 5.00. The smallest absolute Gasteiger partial charge is 0.407 e. The number of nitrogens with two attached hydrogens (primary N) is 1. The number of hydrogen-bond donors (Lipinski definition) is 3. The number of nitrogen functional groups attached to an aromatic ring is 1. The predicted octanol–water partition coefficient (Wildman–Crippen LogP) is 1.57. The lowest BCUT2D eigenvalue weighted by molar-refractivity contribution is 0.196. The van der Waals surface area contributed by atoms with Crippen molar-refractivity contribution in [3.05, 3.63) is 86.1 Å². The fraction of sp³-hybridized carbons (Fsp3) is 0.217. The van der Waals surface area contributed by atoms with E-state index in [2.05, 4.69) is 10.3 Å². The molecule has 0 aliphatic heterocycles. The molecule has 0 fully saturated rings. The highest BCUT2D eigenvalue weighted by atomic mass is 32.1. The SMILES string of the molecule is Nc1ncc(OC(=O)NCCO)c2scc(Cn3c(=O)ccn(CCc4ccccc4)c3=O)c12. The maximum atomic E-state index is 13.1. The monoisotopic (exact) mass is 481 g/mol. The van der Waals surface area contributed by atoms with E-state index in [1.807, 2.05) is 30.3 Å². The van der Waals surface area contributed by atoms with E-state index in [4.69, 9.17) is 15.6 Å². The number of hydrogen-bond acceptors (Lipinski definition) is 8. The number of anilines is 1. The molecule has 3 heterocycles. The lowest BCUT2D eigenvalue weighted by Gasteiger charge is -2.11. The number of ether oxygens (including phenoxy) is 1. The van der Waals surface area contributed by atoms with Crippen molar-refractivity contribution in [2.45, 2.75) is 19.5 Å². The number of carbonyl (C=O) groups is 1. The Morgan fingerprint density at radius 1 is 1.21 bits per heavy atom. The number of aliphatic hydroxyl groups excluding tert-OH is 1. The van der Waals surface area contributed by atoms with Crippen molar-refractivity contribution < 1.29 is 14.6 Å².